The number of thiazole rings is 1. The first-order valence-electron chi connectivity index (χ1n) is 4.35. The van der Waals surface area contributed by atoms with Gasteiger partial charge in [-0.25, -0.2) is 4.98 Å². The maximum Gasteiger partial charge on any atom is 0.0928 e. The minimum absolute atomic E-state index is 0.958. The van der Waals surface area contributed by atoms with Crippen LogP contribution in [-0.4, -0.2) is 4.98 Å². The predicted octanol–water partition coefficient (Wildman–Crippen LogP) is 3.55. The molecule has 0 aliphatic rings. The van der Waals surface area contributed by atoms with Gasteiger partial charge in [-0.1, -0.05) is 36.2 Å². The molecule has 0 atom stereocenters. The standard InChI is InChI=1S/C9H14BrNS/c1-3-5-7-8(6-10)12-9(4-2)11-7/h3-6H2,1-2H3. The van der Waals surface area contributed by atoms with Crippen LogP contribution in [0.15, 0.2) is 0 Å². The topological polar surface area (TPSA) is 12.9 Å². The van der Waals surface area contributed by atoms with Gasteiger partial charge in [-0.15, -0.1) is 11.3 Å². The Morgan fingerprint density at radius 2 is 2.17 bits per heavy atom. The van der Waals surface area contributed by atoms with Crippen LogP contribution >= 0.6 is 27.3 Å². The van der Waals surface area contributed by atoms with Gasteiger partial charge in [0.25, 0.3) is 0 Å². The first-order chi connectivity index (χ1) is 5.81. The molecule has 1 heterocycles. The molecule has 0 radical (unpaired) electrons. The highest BCUT2D eigenvalue weighted by Crippen LogP contribution is 2.22. The summed E-state index contributed by atoms with van der Waals surface area (Å²) in [7, 11) is 0. The zero-order chi connectivity index (χ0) is 8.97. The lowest BCUT2D eigenvalue weighted by molar-refractivity contribution is 0.873. The summed E-state index contributed by atoms with van der Waals surface area (Å²) in [5.74, 6) is 0. The maximum absolute atomic E-state index is 4.58. The number of nitrogens with zero attached hydrogens (tertiary/aromatic N) is 1. The predicted molar refractivity (Wildman–Crippen MR) is 58.1 cm³/mol. The van der Waals surface area contributed by atoms with Crippen LogP contribution in [0, 0.1) is 0 Å². The third kappa shape index (κ3) is 2.30. The molecule has 0 bridgehead atoms. The van der Waals surface area contributed by atoms with Crippen molar-refractivity contribution >= 4 is 27.3 Å². The molecule has 1 aromatic rings. The second-order valence-electron chi connectivity index (χ2n) is 2.71. The Hall–Kier alpha value is 0.110. The third-order valence-electron chi connectivity index (χ3n) is 1.73. The first-order valence-corrected chi connectivity index (χ1v) is 6.29. The molecule has 1 nitrogen and oxygen atoms in total. The maximum atomic E-state index is 4.58. The smallest absolute Gasteiger partial charge is 0.0928 e. The summed E-state index contributed by atoms with van der Waals surface area (Å²) in [5, 5.41) is 2.23. The number of hydrogen-bond acceptors (Lipinski definition) is 2. The van der Waals surface area contributed by atoms with E-state index in [-0.39, 0.29) is 0 Å². The van der Waals surface area contributed by atoms with Gasteiger partial charge < -0.3 is 0 Å². The average molecular weight is 248 g/mol. The summed E-state index contributed by atoms with van der Waals surface area (Å²) in [6.45, 7) is 4.36. The quantitative estimate of drug-likeness (QED) is 0.742. The van der Waals surface area contributed by atoms with Crippen molar-refractivity contribution in [1.29, 1.82) is 0 Å². The average Bonchev–Trinajstić information content (AvgIpc) is 2.48. The molecule has 12 heavy (non-hydrogen) atoms. The highest BCUT2D eigenvalue weighted by atomic mass is 79.9. The molecular formula is C9H14BrNS. The largest absolute Gasteiger partial charge is 0.246 e. The molecule has 0 spiro atoms. The van der Waals surface area contributed by atoms with Gasteiger partial charge in [0.15, 0.2) is 0 Å². The molecule has 0 fully saturated rings. The summed E-state index contributed by atoms with van der Waals surface area (Å²) >= 11 is 5.33. The Kier molecular flexibility index (Phi) is 4.22. The van der Waals surface area contributed by atoms with Crippen LogP contribution in [-0.2, 0) is 18.2 Å². The van der Waals surface area contributed by atoms with Crippen molar-refractivity contribution in [3.05, 3.63) is 15.6 Å². The van der Waals surface area contributed by atoms with Gasteiger partial charge in [0, 0.05) is 10.2 Å². The first kappa shape index (κ1) is 10.2. The third-order valence-corrected chi connectivity index (χ3v) is 3.91. The number of rotatable bonds is 4. The van der Waals surface area contributed by atoms with E-state index in [2.05, 4.69) is 34.8 Å². The van der Waals surface area contributed by atoms with Gasteiger partial charge in [0.2, 0.25) is 0 Å². The van der Waals surface area contributed by atoms with Gasteiger partial charge in [-0.05, 0) is 12.8 Å². The lowest BCUT2D eigenvalue weighted by atomic mass is 10.2. The fourth-order valence-electron chi connectivity index (χ4n) is 1.12. The fraction of sp³-hybridized carbons (Fsp3) is 0.667. The van der Waals surface area contributed by atoms with Crippen molar-refractivity contribution in [3.8, 4) is 0 Å². The summed E-state index contributed by atoms with van der Waals surface area (Å²) < 4.78 is 0. The highest BCUT2D eigenvalue weighted by molar-refractivity contribution is 9.08. The van der Waals surface area contributed by atoms with E-state index < -0.39 is 0 Å². The minimum Gasteiger partial charge on any atom is -0.246 e. The van der Waals surface area contributed by atoms with E-state index in [9.17, 15) is 0 Å². The number of aryl methyl sites for hydroxylation is 2. The van der Waals surface area contributed by atoms with Crippen LogP contribution in [0.5, 0.6) is 0 Å². The number of hydrogen-bond donors (Lipinski definition) is 0. The van der Waals surface area contributed by atoms with Gasteiger partial charge >= 0.3 is 0 Å². The fourth-order valence-corrected chi connectivity index (χ4v) is 2.70. The van der Waals surface area contributed by atoms with Gasteiger partial charge in [0.05, 0.1) is 10.7 Å². The van der Waals surface area contributed by atoms with E-state index in [1.807, 2.05) is 11.3 Å². The molecule has 0 saturated carbocycles. The van der Waals surface area contributed by atoms with E-state index in [0.717, 1.165) is 18.2 Å². The van der Waals surface area contributed by atoms with E-state index in [1.54, 1.807) is 0 Å². The van der Waals surface area contributed by atoms with E-state index in [4.69, 9.17) is 0 Å². The molecule has 0 saturated heterocycles. The van der Waals surface area contributed by atoms with Gasteiger partial charge in [-0.2, -0.15) is 0 Å². The molecule has 0 aliphatic carbocycles. The molecule has 0 N–H and O–H groups in total. The van der Waals surface area contributed by atoms with Crippen molar-refractivity contribution < 1.29 is 0 Å². The molecule has 0 aliphatic heterocycles. The number of alkyl halides is 1. The molecule has 0 unspecified atom stereocenters. The monoisotopic (exact) mass is 247 g/mol. The number of halogens is 1. The second kappa shape index (κ2) is 4.97. The lowest BCUT2D eigenvalue weighted by Crippen LogP contribution is -1.88. The van der Waals surface area contributed by atoms with E-state index in [0.29, 0.717) is 0 Å². The van der Waals surface area contributed by atoms with Crippen LogP contribution in [0.4, 0.5) is 0 Å². The minimum atomic E-state index is 0.958. The van der Waals surface area contributed by atoms with Crippen molar-refractivity contribution in [2.24, 2.45) is 0 Å². The van der Waals surface area contributed by atoms with E-state index >= 15 is 0 Å². The SMILES string of the molecule is CCCc1nc(CC)sc1CBr. The van der Waals surface area contributed by atoms with Crippen molar-refractivity contribution in [2.75, 3.05) is 0 Å². The zero-order valence-corrected chi connectivity index (χ0v) is 9.96. The Balaban J connectivity index is 2.84. The van der Waals surface area contributed by atoms with Crippen molar-refractivity contribution in [2.45, 2.75) is 38.4 Å². The second-order valence-corrected chi connectivity index (χ2v) is 4.44. The van der Waals surface area contributed by atoms with Gasteiger partial charge in [-0.3, -0.25) is 0 Å². The molecule has 1 aromatic heterocycles. The summed E-state index contributed by atoms with van der Waals surface area (Å²) in [5.41, 5.74) is 1.30. The molecule has 0 aromatic carbocycles. The number of aromatic nitrogens is 1. The van der Waals surface area contributed by atoms with Crippen LogP contribution < -0.4 is 0 Å². The Morgan fingerprint density at radius 1 is 1.42 bits per heavy atom. The molecule has 0 amide bonds. The summed E-state index contributed by atoms with van der Waals surface area (Å²) in [6, 6.07) is 0. The highest BCUT2D eigenvalue weighted by Gasteiger charge is 2.07. The summed E-state index contributed by atoms with van der Waals surface area (Å²) in [6.07, 6.45) is 3.37. The molecule has 1 rings (SSSR count). The van der Waals surface area contributed by atoms with Crippen LogP contribution in [0.25, 0.3) is 0 Å². The summed E-state index contributed by atoms with van der Waals surface area (Å²) in [4.78, 5) is 5.99. The van der Waals surface area contributed by atoms with Crippen molar-refractivity contribution in [3.63, 3.8) is 0 Å². The van der Waals surface area contributed by atoms with Crippen LogP contribution in [0.3, 0.4) is 0 Å². The van der Waals surface area contributed by atoms with Crippen molar-refractivity contribution in [1.82, 2.24) is 4.98 Å². The van der Waals surface area contributed by atoms with Crippen LogP contribution in [0.2, 0.25) is 0 Å². The molecular weight excluding hydrogens is 234 g/mol. The Morgan fingerprint density at radius 3 is 2.67 bits per heavy atom. The van der Waals surface area contributed by atoms with Gasteiger partial charge in [0.1, 0.15) is 0 Å². The molecule has 68 valence electrons. The van der Waals surface area contributed by atoms with Crippen LogP contribution in [0.1, 0.15) is 35.8 Å². The molecule has 3 heteroatoms. The Labute approximate surface area is 86.3 Å². The van der Waals surface area contributed by atoms with E-state index in [1.165, 1.54) is 22.0 Å². The lowest BCUT2D eigenvalue weighted by Gasteiger charge is -1.93. The zero-order valence-electron chi connectivity index (χ0n) is 7.56. The normalized spacial score (nSPS) is 10.6. The Bertz CT molecular complexity index is 245.